The standard InChI is InChI=1S/C19H18BrN3O3S/c1-11-8-12(20)6-7-13(11)22-18(25)10-21-17(24)9-16-19(26)23-14-4-2-3-5-15(14)27-16/h2-8,16H,9-10H2,1H3,(H,21,24)(H,22,25)(H,23,26)/t16-/m0/s1. The zero-order valence-electron chi connectivity index (χ0n) is 14.5. The van der Waals surface area contributed by atoms with E-state index >= 15 is 0 Å². The van der Waals surface area contributed by atoms with E-state index in [-0.39, 0.29) is 30.7 Å². The molecule has 0 fully saturated rings. The number of aryl methyl sites for hydroxylation is 1. The van der Waals surface area contributed by atoms with Gasteiger partial charge in [-0.15, -0.1) is 11.8 Å². The second-order valence-electron chi connectivity index (χ2n) is 6.08. The lowest BCUT2D eigenvalue weighted by Gasteiger charge is -2.23. The molecule has 0 unspecified atom stereocenters. The van der Waals surface area contributed by atoms with Crippen LogP contribution in [0.4, 0.5) is 11.4 Å². The molecule has 0 bridgehead atoms. The third kappa shape index (κ3) is 5.11. The quantitative estimate of drug-likeness (QED) is 0.655. The van der Waals surface area contributed by atoms with Crippen LogP contribution in [0.15, 0.2) is 51.8 Å². The molecule has 2 aromatic carbocycles. The van der Waals surface area contributed by atoms with Crippen LogP contribution in [0.25, 0.3) is 0 Å². The number of hydrogen-bond acceptors (Lipinski definition) is 4. The Kier molecular flexibility index (Phi) is 6.18. The molecule has 3 rings (SSSR count). The molecular weight excluding hydrogens is 430 g/mol. The molecule has 0 spiro atoms. The second-order valence-corrected chi connectivity index (χ2v) is 8.24. The van der Waals surface area contributed by atoms with Gasteiger partial charge in [0.15, 0.2) is 0 Å². The summed E-state index contributed by atoms with van der Waals surface area (Å²) in [6.45, 7) is 1.74. The molecule has 2 aromatic rings. The fourth-order valence-electron chi connectivity index (χ4n) is 2.61. The number of hydrogen-bond donors (Lipinski definition) is 3. The monoisotopic (exact) mass is 447 g/mol. The number of halogens is 1. The maximum atomic E-state index is 12.1. The Morgan fingerprint density at radius 1 is 1.19 bits per heavy atom. The number of thioether (sulfide) groups is 1. The Morgan fingerprint density at radius 2 is 1.96 bits per heavy atom. The molecule has 3 N–H and O–H groups in total. The largest absolute Gasteiger partial charge is 0.347 e. The van der Waals surface area contributed by atoms with E-state index in [2.05, 4.69) is 31.9 Å². The van der Waals surface area contributed by atoms with Gasteiger partial charge >= 0.3 is 0 Å². The molecule has 3 amide bonds. The number of carbonyl (C=O) groups excluding carboxylic acids is 3. The number of nitrogens with one attached hydrogen (secondary N) is 3. The van der Waals surface area contributed by atoms with Crippen LogP contribution in [0.3, 0.4) is 0 Å². The number of anilines is 2. The first-order valence-electron chi connectivity index (χ1n) is 8.31. The first-order valence-corrected chi connectivity index (χ1v) is 9.99. The Balaban J connectivity index is 1.49. The van der Waals surface area contributed by atoms with Crippen molar-refractivity contribution >= 4 is 56.8 Å². The predicted molar refractivity (Wildman–Crippen MR) is 110 cm³/mol. The normalized spacial score (nSPS) is 15.5. The summed E-state index contributed by atoms with van der Waals surface area (Å²) in [7, 11) is 0. The highest BCUT2D eigenvalue weighted by atomic mass is 79.9. The molecule has 0 radical (unpaired) electrons. The Bertz CT molecular complexity index is 904. The van der Waals surface area contributed by atoms with Gasteiger partial charge in [-0.2, -0.15) is 0 Å². The molecule has 8 heteroatoms. The second kappa shape index (κ2) is 8.58. The van der Waals surface area contributed by atoms with Crippen molar-refractivity contribution in [3.05, 3.63) is 52.5 Å². The highest BCUT2D eigenvalue weighted by Crippen LogP contribution is 2.36. The minimum atomic E-state index is -0.517. The SMILES string of the molecule is Cc1cc(Br)ccc1NC(=O)CNC(=O)C[C@@H]1Sc2ccccc2NC1=O. The van der Waals surface area contributed by atoms with Gasteiger partial charge in [0.1, 0.15) is 0 Å². The van der Waals surface area contributed by atoms with Crippen LogP contribution in [0.5, 0.6) is 0 Å². The molecule has 140 valence electrons. The number of carbonyl (C=O) groups is 3. The molecule has 0 saturated carbocycles. The smallest absolute Gasteiger partial charge is 0.243 e. The molecule has 0 aromatic heterocycles. The fourth-order valence-corrected chi connectivity index (χ4v) is 4.19. The number of para-hydroxylation sites is 1. The van der Waals surface area contributed by atoms with Crippen LogP contribution in [0.1, 0.15) is 12.0 Å². The van der Waals surface area contributed by atoms with E-state index in [1.54, 1.807) is 6.07 Å². The highest BCUT2D eigenvalue weighted by molar-refractivity contribution is 9.10. The van der Waals surface area contributed by atoms with E-state index in [0.717, 1.165) is 20.6 Å². The lowest BCUT2D eigenvalue weighted by molar-refractivity contribution is -0.125. The number of amides is 3. The molecule has 1 aliphatic heterocycles. The summed E-state index contributed by atoms with van der Waals surface area (Å²) in [5.41, 5.74) is 2.36. The zero-order chi connectivity index (χ0) is 19.4. The van der Waals surface area contributed by atoms with E-state index in [0.29, 0.717) is 5.69 Å². The number of benzene rings is 2. The predicted octanol–water partition coefficient (Wildman–Crippen LogP) is 3.32. The molecule has 6 nitrogen and oxygen atoms in total. The molecular formula is C19H18BrN3O3S. The van der Waals surface area contributed by atoms with Gasteiger partial charge in [-0.25, -0.2) is 0 Å². The molecule has 1 atom stereocenters. The maximum absolute atomic E-state index is 12.1. The summed E-state index contributed by atoms with van der Waals surface area (Å²) in [5, 5.41) is 7.61. The third-order valence-electron chi connectivity index (χ3n) is 3.99. The molecule has 0 aliphatic carbocycles. The average molecular weight is 448 g/mol. The van der Waals surface area contributed by atoms with Crippen LogP contribution >= 0.6 is 27.7 Å². The van der Waals surface area contributed by atoms with Crippen molar-refractivity contribution in [3.8, 4) is 0 Å². The summed E-state index contributed by atoms with van der Waals surface area (Å²) in [6, 6.07) is 13.0. The van der Waals surface area contributed by atoms with Crippen molar-refractivity contribution in [2.24, 2.45) is 0 Å². The van der Waals surface area contributed by atoms with Gasteiger partial charge in [-0.1, -0.05) is 28.1 Å². The molecule has 1 heterocycles. The summed E-state index contributed by atoms with van der Waals surface area (Å²) in [5.74, 6) is -0.867. The average Bonchev–Trinajstić information content (AvgIpc) is 2.63. The first-order chi connectivity index (χ1) is 12.9. The summed E-state index contributed by atoms with van der Waals surface area (Å²) in [4.78, 5) is 37.3. The van der Waals surface area contributed by atoms with Gasteiger partial charge in [-0.3, -0.25) is 14.4 Å². The van der Waals surface area contributed by atoms with Crippen LogP contribution in [0, 0.1) is 6.92 Å². The van der Waals surface area contributed by atoms with Crippen LogP contribution in [-0.2, 0) is 14.4 Å². The Labute approximate surface area is 169 Å². The molecule has 1 aliphatic rings. The molecule has 0 saturated heterocycles. The number of rotatable bonds is 5. The van der Waals surface area contributed by atoms with Crippen molar-refractivity contribution in [2.75, 3.05) is 17.2 Å². The fraction of sp³-hybridized carbons (Fsp3) is 0.211. The Hall–Kier alpha value is -2.32. The molecule has 27 heavy (non-hydrogen) atoms. The zero-order valence-corrected chi connectivity index (χ0v) is 16.9. The van der Waals surface area contributed by atoms with E-state index in [9.17, 15) is 14.4 Å². The number of fused-ring (bicyclic) bond motifs is 1. The third-order valence-corrected chi connectivity index (χ3v) is 5.75. The van der Waals surface area contributed by atoms with Crippen LogP contribution in [-0.4, -0.2) is 29.5 Å². The van der Waals surface area contributed by atoms with Crippen LogP contribution in [0.2, 0.25) is 0 Å². The van der Waals surface area contributed by atoms with Gasteiger partial charge in [0.25, 0.3) is 0 Å². The first kappa shape index (κ1) is 19.4. The van der Waals surface area contributed by atoms with E-state index in [1.165, 1.54) is 11.8 Å². The van der Waals surface area contributed by atoms with E-state index in [1.807, 2.05) is 43.3 Å². The van der Waals surface area contributed by atoms with Gasteiger partial charge in [0.2, 0.25) is 17.7 Å². The van der Waals surface area contributed by atoms with Gasteiger partial charge in [0, 0.05) is 21.5 Å². The van der Waals surface area contributed by atoms with Crippen molar-refractivity contribution in [3.63, 3.8) is 0 Å². The summed E-state index contributed by atoms with van der Waals surface area (Å²) in [6.07, 6.45) is 0.00935. The topological polar surface area (TPSA) is 87.3 Å². The van der Waals surface area contributed by atoms with Crippen molar-refractivity contribution in [1.82, 2.24) is 5.32 Å². The lowest BCUT2D eigenvalue weighted by Crippen LogP contribution is -2.37. The summed E-state index contributed by atoms with van der Waals surface area (Å²) >= 11 is 4.73. The van der Waals surface area contributed by atoms with Gasteiger partial charge in [0.05, 0.1) is 17.5 Å². The van der Waals surface area contributed by atoms with Crippen molar-refractivity contribution < 1.29 is 14.4 Å². The van der Waals surface area contributed by atoms with Crippen molar-refractivity contribution in [1.29, 1.82) is 0 Å². The minimum Gasteiger partial charge on any atom is -0.347 e. The van der Waals surface area contributed by atoms with E-state index < -0.39 is 5.25 Å². The minimum absolute atomic E-state index is 0.00935. The Morgan fingerprint density at radius 3 is 2.74 bits per heavy atom. The highest BCUT2D eigenvalue weighted by Gasteiger charge is 2.28. The lowest BCUT2D eigenvalue weighted by atomic mass is 10.2. The summed E-state index contributed by atoms with van der Waals surface area (Å²) < 4.78 is 0.927. The van der Waals surface area contributed by atoms with Crippen molar-refractivity contribution in [2.45, 2.75) is 23.5 Å². The van der Waals surface area contributed by atoms with E-state index in [4.69, 9.17) is 0 Å². The van der Waals surface area contributed by atoms with Gasteiger partial charge < -0.3 is 16.0 Å². The van der Waals surface area contributed by atoms with Gasteiger partial charge in [-0.05, 0) is 42.8 Å². The maximum Gasteiger partial charge on any atom is 0.243 e. The van der Waals surface area contributed by atoms with Crippen LogP contribution < -0.4 is 16.0 Å².